The average molecular weight is 225 g/mol. The molecule has 1 amide bonds. The van der Waals surface area contributed by atoms with Crippen molar-refractivity contribution in [1.82, 2.24) is 4.90 Å². The number of carbonyl (C=O) groups is 1. The quantitative estimate of drug-likeness (QED) is 0.788. The number of rotatable bonds is 1. The summed E-state index contributed by atoms with van der Waals surface area (Å²) in [6.07, 6.45) is 0. The normalized spacial score (nSPS) is 18.8. The van der Waals surface area contributed by atoms with Gasteiger partial charge in [-0.25, -0.2) is 0 Å². The summed E-state index contributed by atoms with van der Waals surface area (Å²) in [4.78, 5) is 15.9. The number of nitrogens with zero attached hydrogens (tertiary/aromatic N) is 1. The van der Waals surface area contributed by atoms with Gasteiger partial charge in [-0.2, -0.15) is 0 Å². The van der Waals surface area contributed by atoms with Gasteiger partial charge in [0.05, 0.1) is 24.3 Å². The van der Waals surface area contributed by atoms with Crippen LogP contribution < -0.4 is 0 Å². The molecule has 0 aromatic carbocycles. The summed E-state index contributed by atoms with van der Waals surface area (Å²) in [5, 5.41) is 9.56. The summed E-state index contributed by atoms with van der Waals surface area (Å²) in [5.74, 6) is 0.0448. The van der Waals surface area contributed by atoms with Crippen molar-refractivity contribution in [3.8, 4) is 0 Å². The molecule has 1 aliphatic heterocycles. The first-order valence-electron chi connectivity index (χ1n) is 4.98. The first-order valence-corrected chi connectivity index (χ1v) is 5.79. The number of hydrogen-bond acceptors (Lipinski definition) is 3. The van der Waals surface area contributed by atoms with E-state index in [1.165, 1.54) is 0 Å². The topological polar surface area (TPSA) is 40.5 Å². The molecule has 0 spiro atoms. The number of hydrogen-bond donors (Lipinski definition) is 1. The Morgan fingerprint density at radius 2 is 2.13 bits per heavy atom. The molecule has 1 aliphatic rings. The van der Waals surface area contributed by atoms with E-state index in [1.807, 2.05) is 19.9 Å². The fraction of sp³-hybridized carbons (Fsp3) is 0.545. The first kappa shape index (κ1) is 10.6. The van der Waals surface area contributed by atoms with Crippen LogP contribution in [0.3, 0.4) is 0 Å². The van der Waals surface area contributed by atoms with Crippen molar-refractivity contribution in [3.05, 3.63) is 21.4 Å². The number of β-amino-alcohol motifs (C(OH)–C–C–N with tert-alkyl or cyclic N) is 1. The van der Waals surface area contributed by atoms with Crippen LogP contribution in [0.15, 0.2) is 6.07 Å². The average Bonchev–Trinajstić information content (AvgIpc) is 2.40. The fourth-order valence-corrected chi connectivity index (χ4v) is 2.85. The van der Waals surface area contributed by atoms with E-state index in [-0.39, 0.29) is 5.91 Å². The van der Waals surface area contributed by atoms with Gasteiger partial charge in [0, 0.05) is 9.75 Å². The summed E-state index contributed by atoms with van der Waals surface area (Å²) in [7, 11) is 0. The molecule has 15 heavy (non-hydrogen) atoms. The van der Waals surface area contributed by atoms with E-state index < -0.39 is 5.60 Å². The third kappa shape index (κ3) is 1.92. The van der Waals surface area contributed by atoms with Gasteiger partial charge in [-0.05, 0) is 26.8 Å². The smallest absolute Gasteiger partial charge is 0.255 e. The minimum atomic E-state index is -0.686. The highest BCUT2D eigenvalue weighted by Gasteiger charge is 2.40. The van der Waals surface area contributed by atoms with Gasteiger partial charge < -0.3 is 10.0 Å². The zero-order valence-electron chi connectivity index (χ0n) is 9.20. The van der Waals surface area contributed by atoms with Crippen molar-refractivity contribution in [2.75, 3.05) is 13.1 Å². The van der Waals surface area contributed by atoms with Crippen molar-refractivity contribution >= 4 is 17.2 Å². The number of thiophene rings is 1. The SMILES string of the molecule is Cc1cc(C(=O)N2CC(C)(O)C2)c(C)s1. The predicted molar refractivity (Wildman–Crippen MR) is 60.3 cm³/mol. The number of amides is 1. The molecule has 82 valence electrons. The summed E-state index contributed by atoms with van der Waals surface area (Å²) in [6.45, 7) is 6.60. The second-order valence-electron chi connectivity index (χ2n) is 4.49. The zero-order valence-corrected chi connectivity index (χ0v) is 10.0. The van der Waals surface area contributed by atoms with Crippen molar-refractivity contribution in [2.45, 2.75) is 26.4 Å². The van der Waals surface area contributed by atoms with E-state index in [0.717, 1.165) is 15.3 Å². The molecule has 2 rings (SSSR count). The van der Waals surface area contributed by atoms with E-state index in [4.69, 9.17) is 0 Å². The van der Waals surface area contributed by atoms with Gasteiger partial charge in [0.2, 0.25) is 0 Å². The Balaban J connectivity index is 2.13. The van der Waals surface area contributed by atoms with Crippen LogP contribution in [0.2, 0.25) is 0 Å². The molecule has 2 heterocycles. The summed E-state index contributed by atoms with van der Waals surface area (Å²) in [5.41, 5.74) is 0.0993. The van der Waals surface area contributed by atoms with Crippen molar-refractivity contribution in [3.63, 3.8) is 0 Å². The highest BCUT2D eigenvalue weighted by Crippen LogP contribution is 2.26. The molecule has 1 aromatic rings. The molecule has 4 heteroatoms. The molecule has 1 N–H and O–H groups in total. The standard InChI is InChI=1S/C11H15NO2S/c1-7-4-9(8(2)15-7)10(13)12-5-11(3,14)6-12/h4,14H,5-6H2,1-3H3. The lowest BCUT2D eigenvalue weighted by molar-refractivity contribution is -0.0668. The van der Waals surface area contributed by atoms with Crippen LogP contribution in [0.4, 0.5) is 0 Å². The van der Waals surface area contributed by atoms with E-state index in [1.54, 1.807) is 23.2 Å². The molecular weight excluding hydrogens is 210 g/mol. The fourth-order valence-electron chi connectivity index (χ4n) is 1.93. The summed E-state index contributed by atoms with van der Waals surface area (Å²) < 4.78 is 0. The van der Waals surface area contributed by atoms with E-state index in [2.05, 4.69) is 0 Å². The first-order chi connectivity index (χ1) is 6.89. The monoisotopic (exact) mass is 225 g/mol. The lowest BCUT2D eigenvalue weighted by atomic mass is 9.96. The highest BCUT2D eigenvalue weighted by atomic mass is 32.1. The van der Waals surface area contributed by atoms with Gasteiger partial charge in [-0.3, -0.25) is 4.79 Å². The Labute approximate surface area is 93.3 Å². The number of aliphatic hydroxyl groups is 1. The Hall–Kier alpha value is -0.870. The maximum Gasteiger partial charge on any atom is 0.255 e. The molecule has 3 nitrogen and oxygen atoms in total. The number of carbonyl (C=O) groups excluding carboxylic acids is 1. The number of aryl methyl sites for hydroxylation is 2. The third-order valence-electron chi connectivity index (χ3n) is 2.62. The second-order valence-corrected chi connectivity index (χ2v) is 5.95. The Morgan fingerprint density at radius 3 is 2.53 bits per heavy atom. The third-order valence-corrected chi connectivity index (χ3v) is 3.59. The van der Waals surface area contributed by atoms with Crippen LogP contribution in [0.1, 0.15) is 27.0 Å². The predicted octanol–water partition coefficient (Wildman–Crippen LogP) is 1.57. The van der Waals surface area contributed by atoms with Gasteiger partial charge in [-0.1, -0.05) is 0 Å². The van der Waals surface area contributed by atoms with Crippen molar-refractivity contribution in [1.29, 1.82) is 0 Å². The van der Waals surface area contributed by atoms with Crippen molar-refractivity contribution < 1.29 is 9.90 Å². The Kier molecular flexibility index (Phi) is 2.35. The van der Waals surface area contributed by atoms with Crippen molar-refractivity contribution in [2.24, 2.45) is 0 Å². The molecule has 1 aromatic heterocycles. The van der Waals surface area contributed by atoms with Gasteiger partial charge >= 0.3 is 0 Å². The highest BCUT2D eigenvalue weighted by molar-refractivity contribution is 7.12. The van der Waals surface area contributed by atoms with Gasteiger partial charge in [0.15, 0.2) is 0 Å². The van der Waals surface area contributed by atoms with Crippen LogP contribution in [0.5, 0.6) is 0 Å². The lowest BCUT2D eigenvalue weighted by Gasteiger charge is -2.44. The molecule has 0 saturated carbocycles. The molecule has 0 atom stereocenters. The van der Waals surface area contributed by atoms with Gasteiger partial charge in [0.1, 0.15) is 0 Å². The molecule has 0 radical (unpaired) electrons. The van der Waals surface area contributed by atoms with Crippen LogP contribution in [0, 0.1) is 13.8 Å². The van der Waals surface area contributed by atoms with Gasteiger partial charge in [0.25, 0.3) is 5.91 Å². The van der Waals surface area contributed by atoms with Crippen LogP contribution >= 0.6 is 11.3 Å². The molecule has 0 aliphatic carbocycles. The summed E-state index contributed by atoms with van der Waals surface area (Å²) in [6, 6.07) is 1.93. The molecule has 1 saturated heterocycles. The molecular formula is C11H15NO2S. The molecule has 1 fully saturated rings. The summed E-state index contributed by atoms with van der Waals surface area (Å²) >= 11 is 1.64. The Bertz CT molecular complexity index is 401. The minimum absolute atomic E-state index is 0.0448. The van der Waals surface area contributed by atoms with Gasteiger partial charge in [-0.15, -0.1) is 11.3 Å². The van der Waals surface area contributed by atoms with E-state index in [0.29, 0.717) is 13.1 Å². The zero-order chi connectivity index (χ0) is 11.2. The van der Waals surface area contributed by atoms with Crippen LogP contribution in [0.25, 0.3) is 0 Å². The second kappa shape index (κ2) is 3.32. The maximum absolute atomic E-state index is 12.0. The van der Waals surface area contributed by atoms with E-state index >= 15 is 0 Å². The minimum Gasteiger partial charge on any atom is -0.386 e. The largest absolute Gasteiger partial charge is 0.386 e. The number of likely N-dealkylation sites (tertiary alicyclic amines) is 1. The lowest BCUT2D eigenvalue weighted by Crippen LogP contribution is -2.61. The van der Waals surface area contributed by atoms with Crippen LogP contribution in [-0.4, -0.2) is 34.6 Å². The van der Waals surface area contributed by atoms with E-state index in [9.17, 15) is 9.90 Å². The molecule has 0 unspecified atom stereocenters. The molecule has 0 bridgehead atoms. The Morgan fingerprint density at radius 1 is 1.53 bits per heavy atom. The maximum atomic E-state index is 12.0. The van der Waals surface area contributed by atoms with Crippen LogP contribution in [-0.2, 0) is 0 Å².